The van der Waals surface area contributed by atoms with E-state index in [4.69, 9.17) is 13.9 Å². The van der Waals surface area contributed by atoms with Crippen molar-refractivity contribution in [1.29, 1.82) is 0 Å². The zero-order valence-corrected chi connectivity index (χ0v) is 16.5. The quantitative estimate of drug-likeness (QED) is 0.763. The molecule has 2 aromatic rings. The zero-order valence-electron chi connectivity index (χ0n) is 16.5. The second kappa shape index (κ2) is 8.82. The number of hydrogen-bond donors (Lipinski definition) is 0. The first-order valence-electron chi connectivity index (χ1n) is 9.32. The van der Waals surface area contributed by atoms with Crippen molar-refractivity contribution in [2.24, 2.45) is 5.92 Å². The van der Waals surface area contributed by atoms with Gasteiger partial charge in [-0.05, 0) is 37.1 Å². The summed E-state index contributed by atoms with van der Waals surface area (Å²) in [6.07, 6.45) is 2.79. The van der Waals surface area contributed by atoms with E-state index in [1.807, 2.05) is 18.2 Å². The topological polar surface area (TPSA) is 72.2 Å². The molecule has 1 aliphatic heterocycles. The Hall–Kier alpha value is -2.96. The van der Waals surface area contributed by atoms with Crippen LogP contribution in [-0.4, -0.2) is 56.0 Å². The van der Waals surface area contributed by atoms with Crippen LogP contribution in [0.15, 0.2) is 41.0 Å². The van der Waals surface area contributed by atoms with Crippen LogP contribution in [0.1, 0.15) is 29.0 Å². The summed E-state index contributed by atoms with van der Waals surface area (Å²) >= 11 is 0. The first-order chi connectivity index (χ1) is 13.5. The van der Waals surface area contributed by atoms with E-state index in [9.17, 15) is 9.59 Å². The molecule has 7 heteroatoms. The van der Waals surface area contributed by atoms with Gasteiger partial charge in [-0.15, -0.1) is 0 Å². The van der Waals surface area contributed by atoms with E-state index in [2.05, 4.69) is 0 Å². The molecule has 3 rings (SSSR count). The Bertz CT molecular complexity index is 810. The number of hydrogen-bond acceptors (Lipinski definition) is 5. The van der Waals surface area contributed by atoms with Crippen molar-refractivity contribution in [3.8, 4) is 11.5 Å². The summed E-state index contributed by atoms with van der Waals surface area (Å²) in [6.45, 7) is 1.56. The normalized spacial score (nSPS) is 14.6. The Morgan fingerprint density at radius 2 is 1.93 bits per heavy atom. The highest BCUT2D eigenvalue weighted by Gasteiger charge is 2.30. The Morgan fingerprint density at radius 1 is 1.18 bits per heavy atom. The van der Waals surface area contributed by atoms with E-state index in [0.29, 0.717) is 49.7 Å². The highest BCUT2D eigenvalue weighted by atomic mass is 16.5. The van der Waals surface area contributed by atoms with Crippen molar-refractivity contribution in [3.05, 3.63) is 47.9 Å². The lowest BCUT2D eigenvalue weighted by atomic mass is 9.95. The maximum absolute atomic E-state index is 12.9. The fraction of sp³-hybridized carbons (Fsp3) is 0.429. The van der Waals surface area contributed by atoms with Crippen LogP contribution in [0.4, 0.5) is 0 Å². The van der Waals surface area contributed by atoms with Gasteiger partial charge in [-0.3, -0.25) is 9.59 Å². The molecule has 1 aromatic carbocycles. The highest BCUT2D eigenvalue weighted by Crippen LogP contribution is 2.27. The van der Waals surface area contributed by atoms with Gasteiger partial charge in [-0.1, -0.05) is 0 Å². The molecule has 0 bridgehead atoms. The first kappa shape index (κ1) is 19.8. The number of carbonyl (C=O) groups is 2. The third-order valence-corrected chi connectivity index (χ3v) is 5.14. The predicted molar refractivity (Wildman–Crippen MR) is 103 cm³/mol. The second-order valence-electron chi connectivity index (χ2n) is 6.92. The fourth-order valence-electron chi connectivity index (χ4n) is 3.51. The predicted octanol–water partition coefficient (Wildman–Crippen LogP) is 2.81. The number of benzene rings is 1. The fourth-order valence-corrected chi connectivity index (χ4v) is 3.51. The average Bonchev–Trinajstić information content (AvgIpc) is 3.28. The molecule has 0 unspecified atom stereocenters. The molecular formula is C21H26N2O5. The van der Waals surface area contributed by atoms with Gasteiger partial charge in [0.1, 0.15) is 11.5 Å². The van der Waals surface area contributed by atoms with Crippen molar-refractivity contribution >= 4 is 11.8 Å². The molecule has 0 saturated carbocycles. The van der Waals surface area contributed by atoms with E-state index >= 15 is 0 Å². The third kappa shape index (κ3) is 4.30. The molecule has 0 atom stereocenters. The summed E-state index contributed by atoms with van der Waals surface area (Å²) in [5, 5.41) is 0. The van der Waals surface area contributed by atoms with E-state index in [0.717, 1.165) is 5.56 Å². The third-order valence-electron chi connectivity index (χ3n) is 5.14. The number of rotatable bonds is 6. The zero-order chi connectivity index (χ0) is 20.1. The van der Waals surface area contributed by atoms with E-state index in [1.165, 1.54) is 6.26 Å². The average molecular weight is 386 g/mol. The second-order valence-corrected chi connectivity index (χ2v) is 6.92. The molecule has 7 nitrogen and oxygen atoms in total. The summed E-state index contributed by atoms with van der Waals surface area (Å²) in [5.74, 6) is 1.62. The minimum Gasteiger partial charge on any atom is -0.497 e. The molecule has 0 spiro atoms. The SMILES string of the molecule is COc1ccc(CN(C)C(=O)C2CCN(C(=O)c3ccco3)CC2)c(OC)c1. The summed E-state index contributed by atoms with van der Waals surface area (Å²) in [7, 11) is 5.01. The molecule has 1 aliphatic rings. The Labute approximate surface area is 164 Å². The lowest BCUT2D eigenvalue weighted by molar-refractivity contribution is -0.136. The number of ether oxygens (including phenoxy) is 2. The molecule has 0 N–H and O–H groups in total. The van der Waals surface area contributed by atoms with Crippen LogP contribution >= 0.6 is 0 Å². The number of piperidine rings is 1. The maximum atomic E-state index is 12.9. The first-order valence-corrected chi connectivity index (χ1v) is 9.32. The van der Waals surface area contributed by atoms with E-state index in [-0.39, 0.29) is 17.7 Å². The van der Waals surface area contributed by atoms with E-state index in [1.54, 1.807) is 43.2 Å². The molecule has 2 heterocycles. The van der Waals surface area contributed by atoms with Gasteiger partial charge in [0.25, 0.3) is 5.91 Å². The van der Waals surface area contributed by atoms with Crippen LogP contribution in [0.2, 0.25) is 0 Å². The Balaban J connectivity index is 1.57. The van der Waals surface area contributed by atoms with Crippen LogP contribution in [0.3, 0.4) is 0 Å². The Morgan fingerprint density at radius 3 is 2.54 bits per heavy atom. The molecule has 1 saturated heterocycles. The molecule has 0 aliphatic carbocycles. The van der Waals surface area contributed by atoms with E-state index < -0.39 is 0 Å². The molecule has 150 valence electrons. The number of methoxy groups -OCH3 is 2. The van der Waals surface area contributed by atoms with Crippen molar-refractivity contribution in [2.45, 2.75) is 19.4 Å². The van der Waals surface area contributed by atoms with Crippen LogP contribution in [0.5, 0.6) is 11.5 Å². The van der Waals surface area contributed by atoms with Crippen molar-refractivity contribution in [2.75, 3.05) is 34.4 Å². The summed E-state index contributed by atoms with van der Waals surface area (Å²) < 4.78 is 15.8. The maximum Gasteiger partial charge on any atom is 0.289 e. The van der Waals surface area contributed by atoms with Gasteiger partial charge in [-0.25, -0.2) is 0 Å². The number of carbonyl (C=O) groups excluding carboxylic acids is 2. The number of amides is 2. The lowest BCUT2D eigenvalue weighted by Gasteiger charge is -2.33. The molecule has 1 aromatic heterocycles. The van der Waals surface area contributed by atoms with Gasteiger partial charge in [0.2, 0.25) is 5.91 Å². The van der Waals surface area contributed by atoms with Crippen molar-refractivity contribution in [3.63, 3.8) is 0 Å². The monoisotopic (exact) mass is 386 g/mol. The molecule has 1 fully saturated rings. The smallest absolute Gasteiger partial charge is 0.289 e. The van der Waals surface area contributed by atoms with Gasteiger partial charge in [0.15, 0.2) is 5.76 Å². The van der Waals surface area contributed by atoms with Crippen LogP contribution < -0.4 is 9.47 Å². The number of furan rings is 1. The number of nitrogens with zero attached hydrogens (tertiary/aromatic N) is 2. The minimum atomic E-state index is -0.118. The van der Waals surface area contributed by atoms with Crippen molar-refractivity contribution < 1.29 is 23.5 Å². The highest BCUT2D eigenvalue weighted by molar-refractivity contribution is 5.91. The largest absolute Gasteiger partial charge is 0.497 e. The van der Waals surface area contributed by atoms with Crippen molar-refractivity contribution in [1.82, 2.24) is 9.80 Å². The molecule has 28 heavy (non-hydrogen) atoms. The van der Waals surface area contributed by atoms with Crippen LogP contribution in [0.25, 0.3) is 0 Å². The van der Waals surface area contributed by atoms with Gasteiger partial charge in [0.05, 0.1) is 20.5 Å². The standard InChI is InChI=1S/C21H26N2O5/c1-22(14-16-6-7-17(26-2)13-19(16)27-3)20(24)15-8-10-23(11-9-15)21(25)18-5-4-12-28-18/h4-7,12-13,15H,8-11,14H2,1-3H3. The van der Waals surface area contributed by atoms with Crippen LogP contribution in [-0.2, 0) is 11.3 Å². The van der Waals surface area contributed by atoms with Gasteiger partial charge >= 0.3 is 0 Å². The van der Waals surface area contributed by atoms with Crippen LogP contribution in [0, 0.1) is 5.92 Å². The van der Waals surface area contributed by atoms with Gasteiger partial charge in [-0.2, -0.15) is 0 Å². The molecule has 2 amide bonds. The summed E-state index contributed by atoms with van der Waals surface area (Å²) in [5.41, 5.74) is 0.921. The molecular weight excluding hydrogens is 360 g/mol. The number of likely N-dealkylation sites (tertiary alicyclic amines) is 1. The molecule has 0 radical (unpaired) electrons. The summed E-state index contributed by atoms with van der Waals surface area (Å²) in [4.78, 5) is 28.7. The minimum absolute atomic E-state index is 0.0861. The summed E-state index contributed by atoms with van der Waals surface area (Å²) in [6, 6.07) is 8.94. The Kier molecular flexibility index (Phi) is 6.23. The van der Waals surface area contributed by atoms with Gasteiger partial charge in [0, 0.05) is 44.2 Å². The lowest BCUT2D eigenvalue weighted by Crippen LogP contribution is -2.43. The van der Waals surface area contributed by atoms with Gasteiger partial charge < -0.3 is 23.7 Å².